The number of nitrogens with zero attached hydrogens (tertiary/aromatic N) is 2. The van der Waals surface area contributed by atoms with Gasteiger partial charge in [0.05, 0.1) is 17.5 Å². The summed E-state index contributed by atoms with van der Waals surface area (Å²) in [6.45, 7) is 2.94. The number of urea groups is 1. The van der Waals surface area contributed by atoms with Gasteiger partial charge >= 0.3 is 6.03 Å². The Kier molecular flexibility index (Phi) is 5.33. The molecule has 0 aromatic heterocycles. The lowest BCUT2D eigenvalue weighted by Gasteiger charge is -2.35. The molecule has 2 saturated heterocycles. The summed E-state index contributed by atoms with van der Waals surface area (Å²) in [4.78, 5) is 13.8. The van der Waals surface area contributed by atoms with Gasteiger partial charge in [-0.05, 0) is 32.1 Å². The minimum atomic E-state index is -3.15. The van der Waals surface area contributed by atoms with E-state index in [-0.39, 0.29) is 11.3 Å². The number of carbonyl (C=O) groups is 1. The molecule has 3 aliphatic rings. The van der Waals surface area contributed by atoms with Crippen LogP contribution in [-0.4, -0.2) is 85.5 Å². The molecule has 1 atom stereocenters. The second-order valence-corrected chi connectivity index (χ2v) is 9.21. The molecule has 1 aliphatic carbocycles. The minimum Gasteiger partial charge on any atom is -0.387 e. The number of carbonyl (C=O) groups excluding carboxylic acids is 1. The van der Waals surface area contributed by atoms with E-state index in [2.05, 4.69) is 5.32 Å². The van der Waals surface area contributed by atoms with Gasteiger partial charge in [-0.3, -0.25) is 0 Å². The highest BCUT2D eigenvalue weighted by atomic mass is 32.2. The van der Waals surface area contributed by atoms with Crippen molar-refractivity contribution in [3.8, 4) is 0 Å². The molecule has 2 heterocycles. The molecule has 0 bridgehead atoms. The van der Waals surface area contributed by atoms with Gasteiger partial charge in [0.15, 0.2) is 0 Å². The fraction of sp³-hybridized carbons (Fsp3) is 0.933. The van der Waals surface area contributed by atoms with E-state index in [1.165, 1.54) is 4.31 Å². The number of hydrogen-bond acceptors (Lipinski definition) is 5. The molecule has 1 unspecified atom stereocenters. The molecule has 0 radical (unpaired) electrons. The van der Waals surface area contributed by atoms with Crippen LogP contribution in [0.3, 0.4) is 0 Å². The first kappa shape index (κ1) is 17.9. The average Bonchev–Trinajstić information content (AvgIpc) is 3.41. The lowest BCUT2D eigenvalue weighted by Crippen LogP contribution is -2.54. The first-order chi connectivity index (χ1) is 11.4. The van der Waals surface area contributed by atoms with Gasteiger partial charge in [0, 0.05) is 39.3 Å². The van der Waals surface area contributed by atoms with Crippen LogP contribution in [0.4, 0.5) is 4.79 Å². The molecule has 24 heavy (non-hydrogen) atoms. The van der Waals surface area contributed by atoms with Crippen molar-refractivity contribution in [1.29, 1.82) is 0 Å². The van der Waals surface area contributed by atoms with Gasteiger partial charge in [0.1, 0.15) is 0 Å². The van der Waals surface area contributed by atoms with E-state index in [1.807, 2.05) is 0 Å². The number of amides is 2. The molecular formula is C15H27N3O5S. The number of ether oxygens (including phenoxy) is 1. The van der Waals surface area contributed by atoms with E-state index in [0.29, 0.717) is 58.8 Å². The maximum Gasteiger partial charge on any atom is 0.317 e. The Balaban J connectivity index is 1.39. The molecule has 0 aromatic carbocycles. The van der Waals surface area contributed by atoms with E-state index >= 15 is 0 Å². The van der Waals surface area contributed by atoms with Crippen LogP contribution in [0.2, 0.25) is 0 Å². The average molecular weight is 361 g/mol. The van der Waals surface area contributed by atoms with E-state index in [9.17, 15) is 18.3 Å². The van der Waals surface area contributed by atoms with Crippen LogP contribution in [0.25, 0.3) is 0 Å². The standard InChI is InChI=1S/C15H27N3O5S/c19-14(16-6-5-15(20)4-1-11-23-12-15)17-7-9-18(10-8-17)24(21,22)13-2-3-13/h13,20H,1-12H2,(H,16,19). The van der Waals surface area contributed by atoms with Gasteiger partial charge in [-0.1, -0.05) is 0 Å². The number of rotatable bonds is 5. The Morgan fingerprint density at radius 1 is 1.25 bits per heavy atom. The SMILES string of the molecule is O=C(NCCC1(O)CCCOC1)N1CCN(S(=O)(=O)C2CC2)CC1. The highest BCUT2D eigenvalue weighted by Gasteiger charge is 2.41. The molecule has 3 fully saturated rings. The third-order valence-electron chi connectivity index (χ3n) is 5.00. The lowest BCUT2D eigenvalue weighted by atomic mass is 9.93. The molecule has 1 saturated carbocycles. The summed E-state index contributed by atoms with van der Waals surface area (Å²) in [5.41, 5.74) is -0.845. The molecular weight excluding hydrogens is 334 g/mol. The molecule has 138 valence electrons. The van der Waals surface area contributed by atoms with Crippen LogP contribution in [0, 0.1) is 0 Å². The van der Waals surface area contributed by atoms with Crippen LogP contribution in [0.5, 0.6) is 0 Å². The zero-order chi connectivity index (χ0) is 17.2. The fourth-order valence-electron chi connectivity index (χ4n) is 3.27. The van der Waals surface area contributed by atoms with Gasteiger partial charge in [-0.25, -0.2) is 13.2 Å². The van der Waals surface area contributed by atoms with Crippen LogP contribution >= 0.6 is 0 Å². The summed E-state index contributed by atoms with van der Waals surface area (Å²) in [7, 11) is -3.15. The predicted octanol–water partition coefficient (Wildman–Crippen LogP) is -0.263. The Hall–Kier alpha value is -0.900. The first-order valence-corrected chi connectivity index (χ1v) is 10.2. The van der Waals surface area contributed by atoms with Crippen LogP contribution in [0.1, 0.15) is 32.1 Å². The van der Waals surface area contributed by atoms with Crippen LogP contribution in [-0.2, 0) is 14.8 Å². The van der Waals surface area contributed by atoms with Gasteiger partial charge < -0.3 is 20.1 Å². The summed E-state index contributed by atoms with van der Waals surface area (Å²) in [5.74, 6) is 0. The van der Waals surface area contributed by atoms with Crippen molar-refractivity contribution in [2.75, 3.05) is 45.9 Å². The van der Waals surface area contributed by atoms with E-state index < -0.39 is 15.6 Å². The van der Waals surface area contributed by atoms with Gasteiger partial charge in [-0.15, -0.1) is 0 Å². The lowest BCUT2D eigenvalue weighted by molar-refractivity contribution is -0.0887. The molecule has 2 N–H and O–H groups in total. The molecule has 2 amide bonds. The van der Waals surface area contributed by atoms with Crippen molar-refractivity contribution in [1.82, 2.24) is 14.5 Å². The van der Waals surface area contributed by atoms with Crippen LogP contribution < -0.4 is 5.32 Å². The van der Waals surface area contributed by atoms with Crippen molar-refractivity contribution in [2.45, 2.75) is 43.0 Å². The summed E-state index contributed by atoms with van der Waals surface area (Å²) in [6, 6.07) is -0.196. The zero-order valence-corrected chi connectivity index (χ0v) is 14.8. The molecule has 0 aromatic rings. The zero-order valence-electron chi connectivity index (χ0n) is 13.9. The minimum absolute atomic E-state index is 0.196. The summed E-state index contributed by atoms with van der Waals surface area (Å²) in [5, 5.41) is 12.9. The number of aliphatic hydroxyl groups is 1. The molecule has 3 rings (SSSR count). The van der Waals surface area contributed by atoms with Crippen molar-refractivity contribution in [3.63, 3.8) is 0 Å². The van der Waals surface area contributed by atoms with Crippen molar-refractivity contribution < 1.29 is 23.1 Å². The van der Waals surface area contributed by atoms with Crippen molar-refractivity contribution >= 4 is 16.1 Å². The third-order valence-corrected chi connectivity index (χ3v) is 7.40. The molecule has 0 spiro atoms. The van der Waals surface area contributed by atoms with Gasteiger partial charge in [-0.2, -0.15) is 4.31 Å². The smallest absolute Gasteiger partial charge is 0.317 e. The summed E-state index contributed by atoms with van der Waals surface area (Å²) >= 11 is 0. The van der Waals surface area contributed by atoms with Gasteiger partial charge in [0.25, 0.3) is 0 Å². The quantitative estimate of drug-likeness (QED) is 0.703. The fourth-order valence-corrected chi connectivity index (χ4v) is 5.10. The van der Waals surface area contributed by atoms with Crippen molar-refractivity contribution in [3.05, 3.63) is 0 Å². The van der Waals surface area contributed by atoms with Gasteiger partial charge in [0.2, 0.25) is 10.0 Å². The number of nitrogens with one attached hydrogen (secondary N) is 1. The Morgan fingerprint density at radius 3 is 2.54 bits per heavy atom. The second-order valence-electron chi connectivity index (χ2n) is 6.99. The Labute approximate surface area is 143 Å². The van der Waals surface area contributed by atoms with Crippen molar-refractivity contribution in [2.24, 2.45) is 0 Å². The van der Waals surface area contributed by atoms with E-state index in [4.69, 9.17) is 4.74 Å². The predicted molar refractivity (Wildman–Crippen MR) is 88.1 cm³/mol. The monoisotopic (exact) mass is 361 g/mol. The number of hydrogen-bond donors (Lipinski definition) is 2. The normalized spacial score (nSPS) is 29.5. The summed E-state index contributed by atoms with van der Waals surface area (Å²) in [6.07, 6.45) is 3.52. The Bertz CT molecular complexity index is 549. The Morgan fingerprint density at radius 2 is 1.96 bits per heavy atom. The number of sulfonamides is 1. The second kappa shape index (κ2) is 7.15. The molecule has 8 nitrogen and oxygen atoms in total. The third kappa shape index (κ3) is 4.19. The molecule has 9 heteroatoms. The number of piperazine rings is 1. The van der Waals surface area contributed by atoms with Crippen LogP contribution in [0.15, 0.2) is 0 Å². The largest absolute Gasteiger partial charge is 0.387 e. The van der Waals surface area contributed by atoms with E-state index in [0.717, 1.165) is 19.3 Å². The van der Waals surface area contributed by atoms with E-state index in [1.54, 1.807) is 4.90 Å². The molecule has 2 aliphatic heterocycles. The maximum absolute atomic E-state index is 12.2. The topological polar surface area (TPSA) is 99.2 Å². The highest BCUT2D eigenvalue weighted by Crippen LogP contribution is 2.31. The highest BCUT2D eigenvalue weighted by molar-refractivity contribution is 7.90. The first-order valence-electron chi connectivity index (χ1n) is 8.73. The maximum atomic E-state index is 12.2. The summed E-state index contributed by atoms with van der Waals surface area (Å²) < 4.78 is 31.2.